The summed E-state index contributed by atoms with van der Waals surface area (Å²) in [5.74, 6) is 0.610. The lowest BCUT2D eigenvalue weighted by atomic mass is 10.1. The van der Waals surface area contributed by atoms with Gasteiger partial charge in [-0.3, -0.25) is 0 Å². The third kappa shape index (κ3) is 2.11. The van der Waals surface area contributed by atoms with Crippen molar-refractivity contribution in [1.82, 2.24) is 0 Å². The minimum absolute atomic E-state index is 0.0864. The molecule has 4 N–H and O–H groups in total. The van der Waals surface area contributed by atoms with Crippen LogP contribution in [-0.4, -0.2) is 23.9 Å². The molecule has 0 fully saturated rings. The van der Waals surface area contributed by atoms with Gasteiger partial charge in [0, 0.05) is 12.1 Å². The topological polar surface area (TPSA) is 75.7 Å². The number of hydrogen-bond acceptors (Lipinski definition) is 4. The van der Waals surface area contributed by atoms with Crippen LogP contribution in [0, 0.1) is 0 Å². The van der Waals surface area contributed by atoms with Crippen molar-refractivity contribution in [3.63, 3.8) is 0 Å². The van der Waals surface area contributed by atoms with Crippen LogP contribution in [-0.2, 0) is 0 Å². The monoisotopic (exact) mass is 183 g/mol. The zero-order valence-electron chi connectivity index (χ0n) is 7.40. The summed E-state index contributed by atoms with van der Waals surface area (Å²) in [6, 6.07) is 4.52. The van der Waals surface area contributed by atoms with Gasteiger partial charge in [-0.05, 0) is 18.2 Å². The number of ether oxygens (including phenoxy) is 1. The average molecular weight is 183 g/mol. The molecule has 0 heterocycles. The highest BCUT2D eigenvalue weighted by Gasteiger charge is 2.11. The molecule has 13 heavy (non-hydrogen) atoms. The van der Waals surface area contributed by atoms with Crippen molar-refractivity contribution in [1.29, 1.82) is 0 Å². The van der Waals surface area contributed by atoms with Gasteiger partial charge in [-0.1, -0.05) is 0 Å². The second-order valence-electron chi connectivity index (χ2n) is 2.68. The van der Waals surface area contributed by atoms with Crippen LogP contribution >= 0.6 is 0 Å². The van der Waals surface area contributed by atoms with Gasteiger partial charge in [0.25, 0.3) is 0 Å². The van der Waals surface area contributed by atoms with E-state index in [9.17, 15) is 5.11 Å². The maximum Gasteiger partial charge on any atom is 0.124 e. The molecule has 0 aromatic heterocycles. The fraction of sp³-hybridized carbons (Fsp3) is 0.333. The van der Waals surface area contributed by atoms with E-state index in [1.54, 1.807) is 6.07 Å². The lowest BCUT2D eigenvalue weighted by Gasteiger charge is -2.12. The van der Waals surface area contributed by atoms with Gasteiger partial charge in [-0.2, -0.15) is 0 Å². The van der Waals surface area contributed by atoms with Crippen molar-refractivity contribution in [2.24, 2.45) is 5.73 Å². The first-order valence-corrected chi connectivity index (χ1v) is 3.94. The van der Waals surface area contributed by atoms with Gasteiger partial charge >= 0.3 is 0 Å². The molecular formula is C9H13NO3. The Kier molecular flexibility index (Phi) is 3.11. The van der Waals surface area contributed by atoms with Crippen molar-refractivity contribution in [2.75, 3.05) is 13.7 Å². The molecule has 0 radical (unpaired) electrons. The molecule has 0 saturated carbocycles. The molecule has 72 valence electrons. The molecule has 0 spiro atoms. The molecule has 0 aliphatic carbocycles. The predicted molar refractivity (Wildman–Crippen MR) is 48.7 cm³/mol. The number of aromatic hydroxyl groups is 1. The molecule has 1 atom stereocenters. The highest BCUT2D eigenvalue weighted by atomic mass is 16.5. The zero-order chi connectivity index (χ0) is 9.84. The molecule has 1 rings (SSSR count). The summed E-state index contributed by atoms with van der Waals surface area (Å²) in [6.45, 7) is 0.0970. The van der Waals surface area contributed by atoms with E-state index in [1.807, 2.05) is 0 Å². The van der Waals surface area contributed by atoms with Gasteiger partial charge in [0.2, 0.25) is 0 Å². The van der Waals surface area contributed by atoms with Crippen molar-refractivity contribution >= 4 is 0 Å². The molecular weight excluding hydrogens is 170 g/mol. The van der Waals surface area contributed by atoms with Gasteiger partial charge in [0.05, 0.1) is 13.2 Å². The molecule has 0 aliphatic rings. The lowest BCUT2D eigenvalue weighted by molar-refractivity contribution is 0.181. The normalized spacial score (nSPS) is 12.5. The van der Waals surface area contributed by atoms with E-state index in [1.165, 1.54) is 19.2 Å². The number of rotatable bonds is 3. The number of benzene rings is 1. The summed E-state index contributed by atoms with van der Waals surface area (Å²) in [7, 11) is 1.50. The van der Waals surface area contributed by atoms with Crippen LogP contribution in [0.4, 0.5) is 0 Å². The number of phenolic OH excluding ortho intramolecular Hbond substituents is 1. The second kappa shape index (κ2) is 4.11. The molecule has 0 aliphatic heterocycles. The zero-order valence-corrected chi connectivity index (χ0v) is 7.40. The number of hydrogen-bond donors (Lipinski definition) is 3. The van der Waals surface area contributed by atoms with Crippen molar-refractivity contribution in [2.45, 2.75) is 6.10 Å². The Labute approximate surface area is 76.6 Å². The molecule has 4 heteroatoms. The minimum Gasteiger partial charge on any atom is -0.508 e. The van der Waals surface area contributed by atoms with Gasteiger partial charge in [0.15, 0.2) is 0 Å². The maximum absolute atomic E-state index is 9.45. The summed E-state index contributed by atoms with van der Waals surface area (Å²) in [5.41, 5.74) is 5.80. The molecule has 4 nitrogen and oxygen atoms in total. The fourth-order valence-electron chi connectivity index (χ4n) is 1.11. The van der Waals surface area contributed by atoms with E-state index in [4.69, 9.17) is 15.6 Å². The highest BCUT2D eigenvalue weighted by Crippen LogP contribution is 2.28. The van der Waals surface area contributed by atoms with E-state index in [-0.39, 0.29) is 12.3 Å². The molecule has 0 saturated heterocycles. The van der Waals surface area contributed by atoms with Crippen molar-refractivity contribution in [3.8, 4) is 11.5 Å². The molecule has 0 bridgehead atoms. The third-order valence-corrected chi connectivity index (χ3v) is 1.80. The number of nitrogens with two attached hydrogens (primary N) is 1. The average Bonchev–Trinajstić information content (AvgIpc) is 2.16. The van der Waals surface area contributed by atoms with E-state index in [0.29, 0.717) is 11.3 Å². The number of aliphatic hydroxyl groups is 1. The summed E-state index contributed by atoms with van der Waals surface area (Å²) in [4.78, 5) is 0. The Morgan fingerprint density at radius 3 is 2.77 bits per heavy atom. The summed E-state index contributed by atoms with van der Waals surface area (Å²) in [6.07, 6.45) is -0.804. The predicted octanol–water partition coefficient (Wildman–Crippen LogP) is 0.393. The molecule has 0 amide bonds. The van der Waals surface area contributed by atoms with Crippen LogP contribution in [0.5, 0.6) is 11.5 Å². The Morgan fingerprint density at radius 2 is 2.23 bits per heavy atom. The van der Waals surface area contributed by atoms with Crippen molar-refractivity contribution < 1.29 is 14.9 Å². The Balaban J connectivity index is 3.07. The third-order valence-electron chi connectivity index (χ3n) is 1.80. The quantitative estimate of drug-likeness (QED) is 0.633. The number of aliphatic hydroxyl groups excluding tert-OH is 1. The van der Waals surface area contributed by atoms with Crippen LogP contribution in [0.3, 0.4) is 0 Å². The number of phenols is 1. The first-order chi connectivity index (χ1) is 6.19. The van der Waals surface area contributed by atoms with Crippen LogP contribution in [0.25, 0.3) is 0 Å². The molecule has 1 unspecified atom stereocenters. The van der Waals surface area contributed by atoms with E-state index < -0.39 is 6.10 Å². The van der Waals surface area contributed by atoms with Gasteiger partial charge < -0.3 is 20.7 Å². The molecule has 1 aromatic rings. The second-order valence-corrected chi connectivity index (χ2v) is 2.68. The Hall–Kier alpha value is -1.26. The first-order valence-electron chi connectivity index (χ1n) is 3.94. The van der Waals surface area contributed by atoms with Crippen LogP contribution in [0.1, 0.15) is 11.7 Å². The summed E-state index contributed by atoms with van der Waals surface area (Å²) < 4.78 is 5.00. The van der Waals surface area contributed by atoms with Crippen LogP contribution in [0.2, 0.25) is 0 Å². The smallest absolute Gasteiger partial charge is 0.124 e. The SMILES string of the molecule is COc1ccc(O)cc1C(O)CN. The van der Waals surface area contributed by atoms with Crippen LogP contribution in [0.15, 0.2) is 18.2 Å². The van der Waals surface area contributed by atoms with E-state index in [2.05, 4.69) is 0 Å². The van der Waals surface area contributed by atoms with E-state index in [0.717, 1.165) is 0 Å². The standard InChI is InChI=1S/C9H13NO3/c1-13-9-3-2-6(11)4-7(9)8(12)5-10/h2-4,8,11-12H,5,10H2,1H3. The molecule has 1 aromatic carbocycles. The first kappa shape index (κ1) is 9.83. The Bertz CT molecular complexity index is 288. The van der Waals surface area contributed by atoms with Crippen LogP contribution < -0.4 is 10.5 Å². The van der Waals surface area contributed by atoms with Gasteiger partial charge in [-0.25, -0.2) is 0 Å². The summed E-state index contributed by atoms with van der Waals surface area (Å²) >= 11 is 0. The Morgan fingerprint density at radius 1 is 1.54 bits per heavy atom. The van der Waals surface area contributed by atoms with Crippen molar-refractivity contribution in [3.05, 3.63) is 23.8 Å². The fourth-order valence-corrected chi connectivity index (χ4v) is 1.11. The summed E-state index contributed by atoms with van der Waals surface area (Å²) in [5, 5.41) is 18.6. The van der Waals surface area contributed by atoms with E-state index >= 15 is 0 Å². The highest BCUT2D eigenvalue weighted by molar-refractivity contribution is 5.41. The van der Waals surface area contributed by atoms with Gasteiger partial charge in [-0.15, -0.1) is 0 Å². The number of methoxy groups -OCH3 is 1. The van der Waals surface area contributed by atoms with Gasteiger partial charge in [0.1, 0.15) is 11.5 Å². The minimum atomic E-state index is -0.804. The largest absolute Gasteiger partial charge is 0.508 e. The lowest BCUT2D eigenvalue weighted by Crippen LogP contribution is -2.12. The maximum atomic E-state index is 9.45.